The van der Waals surface area contributed by atoms with Gasteiger partial charge in [-0.3, -0.25) is 0 Å². The zero-order chi connectivity index (χ0) is 7.78. The second-order valence-corrected chi connectivity index (χ2v) is 5.30. The average molecular weight is 158 g/mol. The standard InChI is InChI=1S/C9H18S/c1-7-4-8(10)6-9(2,3)5-7/h7-8,10H,4-6H2,1-3H3/t7-,8?/m0/s1. The summed E-state index contributed by atoms with van der Waals surface area (Å²) in [4.78, 5) is 0. The van der Waals surface area contributed by atoms with Gasteiger partial charge in [0.05, 0.1) is 0 Å². The molecule has 1 heteroatoms. The van der Waals surface area contributed by atoms with Crippen LogP contribution < -0.4 is 0 Å². The summed E-state index contributed by atoms with van der Waals surface area (Å²) in [6, 6.07) is 0. The van der Waals surface area contributed by atoms with Gasteiger partial charge in [-0.15, -0.1) is 0 Å². The second kappa shape index (κ2) is 2.77. The molecule has 0 aromatic carbocycles. The minimum Gasteiger partial charge on any atom is -0.176 e. The van der Waals surface area contributed by atoms with Gasteiger partial charge in [-0.2, -0.15) is 12.6 Å². The molecule has 10 heavy (non-hydrogen) atoms. The van der Waals surface area contributed by atoms with Crippen LogP contribution in [-0.4, -0.2) is 5.25 Å². The first-order valence-corrected chi connectivity index (χ1v) is 4.69. The molecular formula is C9H18S. The molecule has 0 spiro atoms. The minimum absolute atomic E-state index is 0.546. The molecule has 60 valence electrons. The highest BCUT2D eigenvalue weighted by molar-refractivity contribution is 7.80. The Hall–Kier alpha value is 0.350. The van der Waals surface area contributed by atoms with E-state index >= 15 is 0 Å². The van der Waals surface area contributed by atoms with Crippen molar-refractivity contribution >= 4 is 12.6 Å². The van der Waals surface area contributed by atoms with Gasteiger partial charge in [-0.1, -0.05) is 20.8 Å². The fourth-order valence-electron chi connectivity index (χ4n) is 2.30. The zero-order valence-electron chi connectivity index (χ0n) is 7.22. The molecule has 0 heterocycles. The summed E-state index contributed by atoms with van der Waals surface area (Å²) in [6.07, 6.45) is 3.98. The third kappa shape index (κ3) is 2.19. The Labute approximate surface area is 69.8 Å². The van der Waals surface area contributed by atoms with E-state index in [9.17, 15) is 0 Å². The van der Waals surface area contributed by atoms with Crippen LogP contribution in [0.1, 0.15) is 40.0 Å². The Morgan fingerprint density at radius 3 is 2.30 bits per heavy atom. The Morgan fingerprint density at radius 1 is 1.30 bits per heavy atom. The van der Waals surface area contributed by atoms with Crippen molar-refractivity contribution in [2.75, 3.05) is 0 Å². The van der Waals surface area contributed by atoms with Crippen LogP contribution in [0.5, 0.6) is 0 Å². The normalized spacial score (nSPS) is 39.6. The van der Waals surface area contributed by atoms with Crippen molar-refractivity contribution in [1.29, 1.82) is 0 Å². The lowest BCUT2D eigenvalue weighted by Gasteiger charge is -2.36. The van der Waals surface area contributed by atoms with Crippen molar-refractivity contribution < 1.29 is 0 Å². The SMILES string of the molecule is C[C@H]1CC(S)CC(C)(C)C1. The Bertz CT molecular complexity index is 106. The quantitative estimate of drug-likeness (QED) is 0.514. The maximum absolute atomic E-state index is 4.53. The molecule has 0 radical (unpaired) electrons. The van der Waals surface area contributed by atoms with E-state index in [-0.39, 0.29) is 0 Å². The summed E-state index contributed by atoms with van der Waals surface area (Å²) < 4.78 is 0. The Morgan fingerprint density at radius 2 is 1.90 bits per heavy atom. The minimum atomic E-state index is 0.546. The largest absolute Gasteiger partial charge is 0.176 e. The number of thiol groups is 1. The molecule has 0 nitrogen and oxygen atoms in total. The highest BCUT2D eigenvalue weighted by Gasteiger charge is 2.29. The molecule has 1 aliphatic carbocycles. The summed E-state index contributed by atoms with van der Waals surface area (Å²) in [7, 11) is 0. The van der Waals surface area contributed by atoms with Crippen molar-refractivity contribution in [2.24, 2.45) is 11.3 Å². The van der Waals surface area contributed by atoms with Gasteiger partial charge in [-0.05, 0) is 30.6 Å². The van der Waals surface area contributed by atoms with Crippen molar-refractivity contribution in [3.8, 4) is 0 Å². The summed E-state index contributed by atoms with van der Waals surface area (Å²) in [5.74, 6) is 0.881. The van der Waals surface area contributed by atoms with E-state index in [0.29, 0.717) is 10.7 Å². The Balaban J connectivity index is 2.51. The van der Waals surface area contributed by atoms with E-state index in [1.54, 1.807) is 0 Å². The predicted octanol–water partition coefficient (Wildman–Crippen LogP) is 3.13. The molecule has 2 atom stereocenters. The van der Waals surface area contributed by atoms with Crippen LogP contribution in [0.4, 0.5) is 0 Å². The van der Waals surface area contributed by atoms with E-state index in [0.717, 1.165) is 5.92 Å². The van der Waals surface area contributed by atoms with E-state index < -0.39 is 0 Å². The number of hydrogen-bond donors (Lipinski definition) is 1. The first kappa shape index (κ1) is 8.45. The van der Waals surface area contributed by atoms with Gasteiger partial charge < -0.3 is 0 Å². The fourth-order valence-corrected chi connectivity index (χ4v) is 3.15. The number of hydrogen-bond acceptors (Lipinski definition) is 1. The van der Waals surface area contributed by atoms with Gasteiger partial charge >= 0.3 is 0 Å². The lowest BCUT2D eigenvalue weighted by Crippen LogP contribution is -2.27. The topological polar surface area (TPSA) is 0 Å². The molecule has 1 aliphatic rings. The maximum atomic E-state index is 4.53. The van der Waals surface area contributed by atoms with Gasteiger partial charge in [0.1, 0.15) is 0 Å². The highest BCUT2D eigenvalue weighted by Crippen LogP contribution is 2.40. The van der Waals surface area contributed by atoms with Crippen LogP contribution >= 0.6 is 12.6 Å². The third-order valence-electron chi connectivity index (χ3n) is 2.36. The van der Waals surface area contributed by atoms with E-state index in [1.165, 1.54) is 19.3 Å². The predicted molar refractivity (Wildman–Crippen MR) is 49.6 cm³/mol. The van der Waals surface area contributed by atoms with Crippen LogP contribution in [0.2, 0.25) is 0 Å². The molecule has 0 aromatic rings. The zero-order valence-corrected chi connectivity index (χ0v) is 8.12. The molecule has 1 rings (SSSR count). The molecule has 0 aromatic heterocycles. The van der Waals surface area contributed by atoms with Crippen molar-refractivity contribution in [3.63, 3.8) is 0 Å². The van der Waals surface area contributed by atoms with Crippen LogP contribution in [0.3, 0.4) is 0 Å². The lowest BCUT2D eigenvalue weighted by molar-refractivity contribution is 0.198. The van der Waals surface area contributed by atoms with Gasteiger partial charge in [0.15, 0.2) is 0 Å². The van der Waals surface area contributed by atoms with Gasteiger partial charge in [0.2, 0.25) is 0 Å². The van der Waals surface area contributed by atoms with E-state index in [4.69, 9.17) is 0 Å². The summed E-state index contributed by atoms with van der Waals surface area (Å²) in [5, 5.41) is 0.652. The van der Waals surface area contributed by atoms with Crippen molar-refractivity contribution in [1.82, 2.24) is 0 Å². The average Bonchev–Trinajstić information content (AvgIpc) is 1.54. The van der Waals surface area contributed by atoms with Crippen molar-refractivity contribution in [3.05, 3.63) is 0 Å². The fraction of sp³-hybridized carbons (Fsp3) is 1.00. The molecule has 1 fully saturated rings. The molecule has 0 aliphatic heterocycles. The molecule has 0 saturated heterocycles. The Kier molecular flexibility index (Phi) is 2.34. The van der Waals surface area contributed by atoms with E-state index in [2.05, 4.69) is 33.4 Å². The molecule has 0 bridgehead atoms. The van der Waals surface area contributed by atoms with Crippen molar-refractivity contribution in [2.45, 2.75) is 45.3 Å². The molecular weight excluding hydrogens is 140 g/mol. The molecule has 0 amide bonds. The van der Waals surface area contributed by atoms with Crippen LogP contribution in [0.25, 0.3) is 0 Å². The first-order valence-electron chi connectivity index (χ1n) is 4.18. The van der Waals surface area contributed by atoms with Crippen LogP contribution in [-0.2, 0) is 0 Å². The summed E-state index contributed by atoms with van der Waals surface area (Å²) >= 11 is 4.53. The van der Waals surface area contributed by atoms with Crippen LogP contribution in [0.15, 0.2) is 0 Å². The lowest BCUT2D eigenvalue weighted by atomic mass is 9.73. The molecule has 1 unspecified atom stereocenters. The maximum Gasteiger partial charge on any atom is 0.00244 e. The van der Waals surface area contributed by atoms with E-state index in [1.807, 2.05) is 0 Å². The summed E-state index contributed by atoms with van der Waals surface area (Å²) in [5.41, 5.74) is 0.546. The molecule has 0 N–H and O–H groups in total. The van der Waals surface area contributed by atoms with Gasteiger partial charge in [0.25, 0.3) is 0 Å². The summed E-state index contributed by atoms with van der Waals surface area (Å²) in [6.45, 7) is 7.04. The van der Waals surface area contributed by atoms with Gasteiger partial charge in [0, 0.05) is 5.25 Å². The van der Waals surface area contributed by atoms with Crippen LogP contribution in [0, 0.1) is 11.3 Å². The third-order valence-corrected chi connectivity index (χ3v) is 2.76. The highest BCUT2D eigenvalue weighted by atomic mass is 32.1. The smallest absolute Gasteiger partial charge is 0.00244 e. The monoisotopic (exact) mass is 158 g/mol. The second-order valence-electron chi connectivity index (χ2n) is 4.57. The number of rotatable bonds is 0. The first-order chi connectivity index (χ1) is 4.49. The molecule has 1 saturated carbocycles. The van der Waals surface area contributed by atoms with Gasteiger partial charge in [-0.25, -0.2) is 0 Å².